The Kier molecular flexibility index (Phi) is 4.32. The van der Waals surface area contributed by atoms with E-state index in [4.69, 9.17) is 4.99 Å². The highest BCUT2D eigenvalue weighted by Gasteiger charge is 2.19. The van der Waals surface area contributed by atoms with Gasteiger partial charge in [0.15, 0.2) is 4.80 Å². The van der Waals surface area contributed by atoms with Crippen LogP contribution in [0.3, 0.4) is 0 Å². The van der Waals surface area contributed by atoms with Gasteiger partial charge in [-0.15, -0.1) is 0 Å². The lowest BCUT2D eigenvalue weighted by Crippen LogP contribution is -2.09. The predicted molar refractivity (Wildman–Crippen MR) is 113 cm³/mol. The number of aromatic nitrogens is 1. The van der Waals surface area contributed by atoms with E-state index in [1.807, 2.05) is 44.3 Å². The van der Waals surface area contributed by atoms with Crippen LogP contribution in [0.25, 0.3) is 11.6 Å². The number of fused-ring (bicyclic) bond motifs is 1. The third-order valence-corrected chi connectivity index (χ3v) is 5.89. The molecule has 3 aromatic rings. The molecular weight excluding hydrogens is 354 g/mol. The molecule has 0 radical (unpaired) electrons. The first-order valence-corrected chi connectivity index (χ1v) is 9.64. The van der Waals surface area contributed by atoms with E-state index < -0.39 is 0 Å². The van der Waals surface area contributed by atoms with Crippen molar-refractivity contribution in [3.63, 3.8) is 0 Å². The van der Waals surface area contributed by atoms with Gasteiger partial charge in [0.05, 0.1) is 16.3 Å². The first kappa shape index (κ1) is 17.5. The lowest BCUT2D eigenvalue weighted by atomic mass is 10.0. The van der Waals surface area contributed by atoms with Crippen molar-refractivity contribution in [2.75, 3.05) is 0 Å². The second kappa shape index (κ2) is 6.67. The molecule has 27 heavy (non-hydrogen) atoms. The average Bonchev–Trinajstić information content (AvgIpc) is 3.10. The van der Waals surface area contributed by atoms with Gasteiger partial charge < -0.3 is 5.11 Å². The first-order chi connectivity index (χ1) is 13.0. The molecule has 5 heteroatoms. The lowest BCUT2D eigenvalue weighted by molar-refractivity contribution is 0.427. The van der Waals surface area contributed by atoms with Gasteiger partial charge >= 0.3 is 0 Å². The van der Waals surface area contributed by atoms with Gasteiger partial charge in [-0.2, -0.15) is 0 Å². The predicted octanol–water partition coefficient (Wildman–Crippen LogP) is 5.29. The highest BCUT2D eigenvalue weighted by molar-refractivity contribution is 7.10. The van der Waals surface area contributed by atoms with Crippen LogP contribution in [0.4, 0.5) is 11.4 Å². The Hall–Kier alpha value is -2.92. The Bertz CT molecular complexity index is 1160. The number of thiazole rings is 1. The SMILES string of the molecule is CC1=Nc2ccccc2C1=Cc1sc(=Nc2c(C)cccc2C)n(C)c1O. The van der Waals surface area contributed by atoms with Crippen LogP contribution in [0.5, 0.6) is 5.88 Å². The zero-order chi connectivity index (χ0) is 19.1. The Morgan fingerprint density at radius 3 is 2.48 bits per heavy atom. The van der Waals surface area contributed by atoms with Gasteiger partial charge in [-0.1, -0.05) is 47.7 Å². The summed E-state index contributed by atoms with van der Waals surface area (Å²) in [6, 6.07) is 14.2. The van der Waals surface area contributed by atoms with E-state index in [1.165, 1.54) is 11.3 Å². The largest absolute Gasteiger partial charge is 0.493 e. The normalized spacial score (nSPS) is 15.3. The monoisotopic (exact) mass is 375 g/mol. The van der Waals surface area contributed by atoms with Crippen LogP contribution in [0, 0.1) is 13.8 Å². The summed E-state index contributed by atoms with van der Waals surface area (Å²) in [7, 11) is 1.84. The number of allylic oxidation sites excluding steroid dienone is 1. The fraction of sp³-hybridized carbons (Fsp3) is 0.182. The van der Waals surface area contributed by atoms with Gasteiger partial charge in [0, 0.05) is 23.9 Å². The number of hydrogen-bond acceptors (Lipinski definition) is 4. The molecule has 4 rings (SSSR count). The molecule has 2 aromatic carbocycles. The Morgan fingerprint density at radius 2 is 1.74 bits per heavy atom. The third-order valence-electron chi connectivity index (χ3n) is 4.82. The van der Waals surface area contributed by atoms with Gasteiger partial charge in [0.25, 0.3) is 0 Å². The summed E-state index contributed by atoms with van der Waals surface area (Å²) in [5.74, 6) is 0.217. The molecule has 1 N–H and O–H groups in total. The highest BCUT2D eigenvalue weighted by atomic mass is 32.1. The molecule has 4 nitrogen and oxygen atoms in total. The van der Waals surface area contributed by atoms with Crippen molar-refractivity contribution in [3.05, 3.63) is 68.8 Å². The molecule has 0 atom stereocenters. The molecule has 136 valence electrons. The summed E-state index contributed by atoms with van der Waals surface area (Å²) < 4.78 is 1.73. The fourth-order valence-corrected chi connectivity index (χ4v) is 4.25. The van der Waals surface area contributed by atoms with Gasteiger partial charge in [-0.3, -0.25) is 9.56 Å². The highest BCUT2D eigenvalue weighted by Crippen LogP contribution is 2.37. The van der Waals surface area contributed by atoms with Gasteiger partial charge in [0.1, 0.15) is 0 Å². The Balaban J connectivity index is 1.85. The van der Waals surface area contributed by atoms with Crippen molar-refractivity contribution in [1.29, 1.82) is 0 Å². The maximum Gasteiger partial charge on any atom is 0.210 e. The minimum atomic E-state index is 0.217. The molecule has 0 spiro atoms. The summed E-state index contributed by atoms with van der Waals surface area (Å²) >= 11 is 1.48. The van der Waals surface area contributed by atoms with Crippen molar-refractivity contribution < 1.29 is 5.11 Å². The molecule has 0 bridgehead atoms. The standard InChI is InChI=1S/C22H21N3OS/c1-13-8-7-9-14(2)20(13)24-22-25(4)21(26)19(27-22)12-17-15(3)23-18-11-6-5-10-16(17)18/h5-12,26H,1-4H3. The number of benzene rings is 2. The van der Waals surface area contributed by atoms with E-state index in [2.05, 4.69) is 37.0 Å². The van der Waals surface area contributed by atoms with Crippen LogP contribution < -0.4 is 4.80 Å². The molecule has 1 aromatic heterocycles. The van der Waals surface area contributed by atoms with E-state index in [9.17, 15) is 5.11 Å². The van der Waals surface area contributed by atoms with Gasteiger partial charge in [-0.25, -0.2) is 4.99 Å². The van der Waals surface area contributed by atoms with Crippen molar-refractivity contribution in [2.45, 2.75) is 20.8 Å². The van der Waals surface area contributed by atoms with E-state index in [0.29, 0.717) is 0 Å². The maximum atomic E-state index is 10.7. The number of aromatic hydroxyl groups is 1. The molecule has 1 aliphatic rings. The molecule has 0 fully saturated rings. The first-order valence-electron chi connectivity index (χ1n) is 8.82. The van der Waals surface area contributed by atoms with Crippen LogP contribution in [0.2, 0.25) is 0 Å². The summed E-state index contributed by atoms with van der Waals surface area (Å²) in [6.07, 6.45) is 2.01. The van der Waals surface area contributed by atoms with Crippen LogP contribution >= 0.6 is 11.3 Å². The van der Waals surface area contributed by atoms with E-state index >= 15 is 0 Å². The van der Waals surface area contributed by atoms with Crippen molar-refractivity contribution in [3.8, 4) is 5.88 Å². The number of hydrogen-bond donors (Lipinski definition) is 1. The molecule has 1 aliphatic heterocycles. The minimum Gasteiger partial charge on any atom is -0.493 e. The Morgan fingerprint density at radius 1 is 1.04 bits per heavy atom. The van der Waals surface area contributed by atoms with Crippen LogP contribution in [0.15, 0.2) is 52.4 Å². The Labute approximate surface area is 162 Å². The maximum absolute atomic E-state index is 10.7. The molecule has 2 heterocycles. The molecule has 0 aliphatic carbocycles. The fourth-order valence-electron chi connectivity index (χ4n) is 3.29. The molecule has 0 unspecified atom stereocenters. The van der Waals surface area contributed by atoms with Crippen LogP contribution in [-0.2, 0) is 7.05 Å². The second-order valence-electron chi connectivity index (χ2n) is 6.76. The molecule has 0 amide bonds. The van der Waals surface area contributed by atoms with E-state index in [1.54, 1.807) is 4.57 Å². The van der Waals surface area contributed by atoms with Crippen LogP contribution in [-0.4, -0.2) is 15.4 Å². The third kappa shape index (κ3) is 3.04. The zero-order valence-electron chi connectivity index (χ0n) is 15.8. The van der Waals surface area contributed by atoms with Crippen molar-refractivity contribution >= 4 is 40.1 Å². The number of nitrogens with zero attached hydrogens (tertiary/aromatic N) is 3. The van der Waals surface area contributed by atoms with E-state index in [-0.39, 0.29) is 5.88 Å². The zero-order valence-corrected chi connectivity index (χ0v) is 16.6. The van der Waals surface area contributed by atoms with Gasteiger partial charge in [-0.05, 0) is 44.0 Å². The molecule has 0 saturated carbocycles. The summed E-state index contributed by atoms with van der Waals surface area (Å²) in [4.78, 5) is 11.0. The summed E-state index contributed by atoms with van der Waals surface area (Å²) in [5.41, 5.74) is 7.27. The topological polar surface area (TPSA) is 49.9 Å². The van der Waals surface area contributed by atoms with E-state index in [0.717, 1.165) is 49.0 Å². The van der Waals surface area contributed by atoms with Crippen molar-refractivity contribution in [1.82, 2.24) is 4.57 Å². The summed E-state index contributed by atoms with van der Waals surface area (Å²) in [5, 5.41) is 10.7. The summed E-state index contributed by atoms with van der Waals surface area (Å²) in [6.45, 7) is 6.10. The smallest absolute Gasteiger partial charge is 0.210 e. The van der Waals surface area contributed by atoms with Crippen molar-refractivity contribution in [2.24, 2.45) is 17.0 Å². The van der Waals surface area contributed by atoms with Crippen LogP contribution in [0.1, 0.15) is 28.5 Å². The lowest BCUT2D eigenvalue weighted by Gasteiger charge is -2.03. The second-order valence-corrected chi connectivity index (χ2v) is 7.77. The average molecular weight is 375 g/mol. The number of para-hydroxylation sites is 2. The number of rotatable bonds is 2. The molecular formula is C22H21N3OS. The van der Waals surface area contributed by atoms with Gasteiger partial charge in [0.2, 0.25) is 5.88 Å². The molecule has 0 saturated heterocycles. The quantitative estimate of drug-likeness (QED) is 0.650. The minimum absolute atomic E-state index is 0.217. The number of aliphatic imine (C=N–C) groups is 1. The number of aryl methyl sites for hydroxylation is 2.